The maximum atomic E-state index is 13.7. The monoisotopic (exact) mass is 332 g/mol. The fourth-order valence-electron chi connectivity index (χ4n) is 2.90. The molecule has 1 aliphatic heterocycles. The van der Waals surface area contributed by atoms with Gasteiger partial charge in [-0.2, -0.15) is 0 Å². The zero-order valence-electron chi connectivity index (χ0n) is 12.7. The largest absolute Gasteiger partial charge is 0.331 e. The molecular weight excluding hydrogens is 315 g/mol. The third-order valence-electron chi connectivity index (χ3n) is 3.91. The lowest BCUT2D eigenvalue weighted by molar-refractivity contribution is -0.114. The summed E-state index contributed by atoms with van der Waals surface area (Å²) < 4.78 is 13.7. The Bertz CT molecular complexity index is 730. The number of amides is 2. The molecule has 2 amide bonds. The van der Waals surface area contributed by atoms with Crippen LogP contribution in [-0.4, -0.2) is 23.3 Å². The minimum Gasteiger partial charge on any atom is -0.331 e. The quantitative estimate of drug-likeness (QED) is 0.929. The normalized spacial score (nSPS) is 17.3. The summed E-state index contributed by atoms with van der Waals surface area (Å²) in [7, 11) is 0. The van der Waals surface area contributed by atoms with Crippen molar-refractivity contribution in [3.63, 3.8) is 0 Å². The Kier molecular flexibility index (Phi) is 4.43. The van der Waals surface area contributed by atoms with Crippen LogP contribution < -0.4 is 5.32 Å². The standard InChI is InChI=1S/C17H17FN2O2S/c1-11(21)19-14-10-12(6-7-13(14)18)17(22)20-8-2-4-15(20)16-5-3-9-23-16/h3,5-7,9-10,15H,2,4,8H2,1H3,(H,19,21)/t15-/m1/s1. The second kappa shape index (κ2) is 6.50. The first kappa shape index (κ1) is 15.7. The summed E-state index contributed by atoms with van der Waals surface area (Å²) in [6.07, 6.45) is 1.89. The number of hydrogen-bond acceptors (Lipinski definition) is 3. The third kappa shape index (κ3) is 3.27. The van der Waals surface area contributed by atoms with Crippen LogP contribution in [0.4, 0.5) is 10.1 Å². The summed E-state index contributed by atoms with van der Waals surface area (Å²) in [6, 6.07) is 8.18. The smallest absolute Gasteiger partial charge is 0.254 e. The number of nitrogens with zero attached hydrogens (tertiary/aromatic N) is 1. The van der Waals surface area contributed by atoms with Gasteiger partial charge in [0.25, 0.3) is 5.91 Å². The summed E-state index contributed by atoms with van der Waals surface area (Å²) in [5.41, 5.74) is 0.425. The zero-order chi connectivity index (χ0) is 16.4. The van der Waals surface area contributed by atoms with Gasteiger partial charge < -0.3 is 10.2 Å². The number of benzene rings is 1. The van der Waals surface area contributed by atoms with Crippen LogP contribution in [0.25, 0.3) is 0 Å². The maximum Gasteiger partial charge on any atom is 0.254 e. The molecule has 1 aromatic heterocycles. The lowest BCUT2D eigenvalue weighted by atomic mass is 10.1. The van der Waals surface area contributed by atoms with Crippen LogP contribution in [-0.2, 0) is 4.79 Å². The highest BCUT2D eigenvalue weighted by Gasteiger charge is 2.31. The zero-order valence-corrected chi connectivity index (χ0v) is 13.5. The highest BCUT2D eigenvalue weighted by atomic mass is 32.1. The number of rotatable bonds is 3. The summed E-state index contributed by atoms with van der Waals surface area (Å²) >= 11 is 1.64. The van der Waals surface area contributed by atoms with E-state index in [2.05, 4.69) is 5.32 Å². The van der Waals surface area contributed by atoms with Crippen LogP contribution in [0.3, 0.4) is 0 Å². The molecular formula is C17H17FN2O2S. The third-order valence-corrected chi connectivity index (χ3v) is 4.88. The Morgan fingerprint density at radius 2 is 2.17 bits per heavy atom. The van der Waals surface area contributed by atoms with Gasteiger partial charge in [-0.1, -0.05) is 6.07 Å². The highest BCUT2D eigenvalue weighted by molar-refractivity contribution is 7.10. The molecule has 1 fully saturated rings. The minimum atomic E-state index is -0.548. The van der Waals surface area contributed by atoms with E-state index in [1.54, 1.807) is 11.3 Å². The van der Waals surface area contributed by atoms with Crippen molar-refractivity contribution in [2.45, 2.75) is 25.8 Å². The summed E-state index contributed by atoms with van der Waals surface area (Å²) in [6.45, 7) is 2.00. The molecule has 1 N–H and O–H groups in total. The molecule has 1 saturated heterocycles. The Morgan fingerprint density at radius 3 is 2.87 bits per heavy atom. The van der Waals surface area contributed by atoms with Crippen LogP contribution in [0.2, 0.25) is 0 Å². The molecule has 0 saturated carbocycles. The SMILES string of the molecule is CC(=O)Nc1cc(C(=O)N2CCC[C@@H]2c2cccs2)ccc1F. The average Bonchev–Trinajstić information content (AvgIpc) is 3.18. The van der Waals surface area contributed by atoms with Crippen LogP contribution in [0.1, 0.15) is 41.0 Å². The predicted octanol–water partition coefficient (Wildman–Crippen LogP) is 3.82. The molecule has 0 radical (unpaired) electrons. The molecule has 3 rings (SSSR count). The second-order valence-electron chi connectivity index (χ2n) is 5.55. The molecule has 0 bridgehead atoms. The number of nitrogens with one attached hydrogen (secondary N) is 1. The van der Waals surface area contributed by atoms with Crippen molar-refractivity contribution in [1.82, 2.24) is 4.90 Å². The molecule has 23 heavy (non-hydrogen) atoms. The molecule has 120 valence electrons. The highest BCUT2D eigenvalue weighted by Crippen LogP contribution is 2.35. The molecule has 2 heterocycles. The fourth-order valence-corrected chi connectivity index (χ4v) is 3.77. The Hall–Kier alpha value is -2.21. The molecule has 1 aliphatic rings. The summed E-state index contributed by atoms with van der Waals surface area (Å²) in [5.74, 6) is -1.05. The fraction of sp³-hybridized carbons (Fsp3) is 0.294. The molecule has 4 nitrogen and oxygen atoms in total. The van der Waals surface area contributed by atoms with Gasteiger partial charge in [0.15, 0.2) is 0 Å². The molecule has 6 heteroatoms. The summed E-state index contributed by atoms with van der Waals surface area (Å²) in [5, 5.41) is 4.42. The van der Waals surface area contributed by atoms with Gasteiger partial charge in [0, 0.05) is 23.9 Å². The minimum absolute atomic E-state index is 0.0372. The molecule has 1 atom stereocenters. The van der Waals surface area contributed by atoms with Crippen molar-refractivity contribution in [3.05, 3.63) is 52.0 Å². The van der Waals surface area contributed by atoms with Crippen molar-refractivity contribution in [2.75, 3.05) is 11.9 Å². The van der Waals surface area contributed by atoms with E-state index < -0.39 is 5.82 Å². The average molecular weight is 332 g/mol. The van der Waals surface area contributed by atoms with Gasteiger partial charge in [-0.05, 0) is 42.5 Å². The number of halogens is 1. The number of thiophene rings is 1. The van der Waals surface area contributed by atoms with E-state index in [4.69, 9.17) is 0 Å². The van der Waals surface area contributed by atoms with Gasteiger partial charge in [-0.3, -0.25) is 9.59 Å². The van der Waals surface area contributed by atoms with Crippen molar-refractivity contribution in [2.24, 2.45) is 0 Å². The second-order valence-corrected chi connectivity index (χ2v) is 6.53. The van der Waals surface area contributed by atoms with E-state index >= 15 is 0 Å². The number of anilines is 1. The van der Waals surface area contributed by atoms with E-state index in [1.807, 2.05) is 22.4 Å². The number of carbonyl (C=O) groups excluding carboxylic acids is 2. The maximum absolute atomic E-state index is 13.7. The molecule has 2 aromatic rings. The van der Waals surface area contributed by atoms with E-state index in [0.717, 1.165) is 12.8 Å². The molecule has 0 unspecified atom stereocenters. The first-order valence-corrected chi connectivity index (χ1v) is 8.36. The topological polar surface area (TPSA) is 49.4 Å². The summed E-state index contributed by atoms with van der Waals surface area (Å²) in [4.78, 5) is 26.9. The van der Waals surface area contributed by atoms with Gasteiger partial charge in [0.05, 0.1) is 11.7 Å². The Balaban J connectivity index is 1.86. The Labute approximate surface area is 137 Å². The van der Waals surface area contributed by atoms with Crippen LogP contribution in [0.15, 0.2) is 35.7 Å². The lowest BCUT2D eigenvalue weighted by Gasteiger charge is -2.24. The number of likely N-dealkylation sites (tertiary alicyclic amines) is 1. The van der Waals surface area contributed by atoms with Crippen LogP contribution in [0, 0.1) is 5.82 Å². The van der Waals surface area contributed by atoms with Crippen LogP contribution in [0.5, 0.6) is 0 Å². The van der Waals surface area contributed by atoms with Crippen molar-refractivity contribution in [3.8, 4) is 0 Å². The van der Waals surface area contributed by atoms with E-state index in [0.29, 0.717) is 12.1 Å². The van der Waals surface area contributed by atoms with E-state index in [-0.39, 0.29) is 23.5 Å². The number of hydrogen-bond donors (Lipinski definition) is 1. The van der Waals surface area contributed by atoms with Gasteiger partial charge in [0.1, 0.15) is 5.82 Å². The first-order valence-electron chi connectivity index (χ1n) is 7.48. The van der Waals surface area contributed by atoms with Crippen molar-refractivity contribution < 1.29 is 14.0 Å². The molecule has 0 aliphatic carbocycles. The van der Waals surface area contributed by atoms with Crippen LogP contribution >= 0.6 is 11.3 Å². The predicted molar refractivity (Wildman–Crippen MR) is 88.0 cm³/mol. The van der Waals surface area contributed by atoms with Crippen molar-refractivity contribution >= 4 is 28.8 Å². The first-order chi connectivity index (χ1) is 11.1. The number of carbonyl (C=O) groups is 2. The van der Waals surface area contributed by atoms with Gasteiger partial charge in [-0.25, -0.2) is 4.39 Å². The van der Waals surface area contributed by atoms with Crippen molar-refractivity contribution in [1.29, 1.82) is 0 Å². The molecule has 0 spiro atoms. The Morgan fingerprint density at radius 1 is 1.35 bits per heavy atom. The molecule has 1 aromatic carbocycles. The van der Waals surface area contributed by atoms with Gasteiger partial charge in [0.2, 0.25) is 5.91 Å². The van der Waals surface area contributed by atoms with Gasteiger partial charge >= 0.3 is 0 Å². The lowest BCUT2D eigenvalue weighted by Crippen LogP contribution is -2.30. The van der Waals surface area contributed by atoms with Gasteiger partial charge in [-0.15, -0.1) is 11.3 Å². The van der Waals surface area contributed by atoms with E-state index in [9.17, 15) is 14.0 Å². The van der Waals surface area contributed by atoms with E-state index in [1.165, 1.54) is 30.0 Å².